The van der Waals surface area contributed by atoms with Crippen LogP contribution in [0.2, 0.25) is 0 Å². The van der Waals surface area contributed by atoms with E-state index < -0.39 is 0 Å². The molecule has 0 unspecified atom stereocenters. The Labute approximate surface area is 171 Å². The van der Waals surface area contributed by atoms with Gasteiger partial charge in [0, 0.05) is 50.2 Å². The van der Waals surface area contributed by atoms with Crippen molar-refractivity contribution in [2.75, 3.05) is 31.1 Å². The minimum Gasteiger partial charge on any atom is -0.353 e. The zero-order valence-electron chi connectivity index (χ0n) is 15.8. The van der Waals surface area contributed by atoms with E-state index in [0.29, 0.717) is 37.6 Å². The fourth-order valence-corrected chi connectivity index (χ4v) is 3.98. The molecule has 1 aliphatic rings. The lowest BCUT2D eigenvalue weighted by Gasteiger charge is -2.35. The summed E-state index contributed by atoms with van der Waals surface area (Å²) in [5, 5.41) is 0. The molecular weight excluding hydrogens is 388 g/mol. The normalized spacial score (nSPS) is 14.5. The van der Waals surface area contributed by atoms with Crippen molar-refractivity contribution in [2.24, 2.45) is 0 Å². The highest BCUT2D eigenvalue weighted by Crippen LogP contribution is 2.20. The van der Waals surface area contributed by atoms with E-state index in [9.17, 15) is 4.79 Å². The molecule has 1 aliphatic heterocycles. The number of amides is 1. The van der Waals surface area contributed by atoms with Crippen molar-refractivity contribution in [3.63, 3.8) is 0 Å². The van der Waals surface area contributed by atoms with E-state index in [1.54, 1.807) is 12.5 Å². The maximum Gasteiger partial charge on any atom is 0.254 e. The van der Waals surface area contributed by atoms with Crippen LogP contribution in [0.3, 0.4) is 0 Å². The Morgan fingerprint density at radius 3 is 2.59 bits per heavy atom. The third-order valence-corrected chi connectivity index (χ3v) is 5.53. The molecule has 1 amide bonds. The van der Waals surface area contributed by atoms with Gasteiger partial charge in [0.15, 0.2) is 0 Å². The minimum absolute atomic E-state index is 0.0255. The number of anilines is 1. The molecule has 0 N–H and O–H groups in total. The molecule has 0 spiro atoms. The first-order valence-electron chi connectivity index (χ1n) is 9.28. The van der Waals surface area contributed by atoms with Gasteiger partial charge >= 0.3 is 0 Å². The van der Waals surface area contributed by atoms with Crippen molar-refractivity contribution in [3.05, 3.63) is 54.4 Å². The second-order valence-corrected chi connectivity index (χ2v) is 7.38. The van der Waals surface area contributed by atoms with Crippen LogP contribution in [-0.4, -0.2) is 65.3 Å². The van der Waals surface area contributed by atoms with Crippen molar-refractivity contribution in [3.8, 4) is 5.82 Å². The van der Waals surface area contributed by atoms with Gasteiger partial charge < -0.3 is 9.80 Å². The van der Waals surface area contributed by atoms with E-state index >= 15 is 0 Å². The number of aromatic nitrogens is 6. The lowest BCUT2D eigenvalue weighted by Crippen LogP contribution is -2.49. The van der Waals surface area contributed by atoms with Gasteiger partial charge in [-0.3, -0.25) is 9.36 Å². The van der Waals surface area contributed by atoms with E-state index in [1.165, 1.54) is 0 Å². The van der Waals surface area contributed by atoms with Crippen LogP contribution >= 0.6 is 11.7 Å². The quantitative estimate of drug-likeness (QED) is 0.513. The molecule has 4 aromatic rings. The number of carbonyl (C=O) groups is 1. The van der Waals surface area contributed by atoms with Gasteiger partial charge in [0.25, 0.3) is 5.91 Å². The van der Waals surface area contributed by atoms with E-state index in [0.717, 1.165) is 34.4 Å². The van der Waals surface area contributed by atoms with Crippen LogP contribution in [0.15, 0.2) is 43.0 Å². The van der Waals surface area contributed by atoms with Gasteiger partial charge in [-0.05, 0) is 25.1 Å². The van der Waals surface area contributed by atoms with E-state index in [1.807, 2.05) is 46.9 Å². The molecule has 9 nitrogen and oxygen atoms in total. The predicted octanol–water partition coefficient (Wildman–Crippen LogP) is 1.94. The minimum atomic E-state index is 0.0255. The molecule has 0 atom stereocenters. The zero-order valence-corrected chi connectivity index (χ0v) is 16.6. The van der Waals surface area contributed by atoms with Gasteiger partial charge in [0.2, 0.25) is 0 Å². The van der Waals surface area contributed by atoms with Crippen molar-refractivity contribution in [2.45, 2.75) is 6.92 Å². The lowest BCUT2D eigenvalue weighted by molar-refractivity contribution is 0.0746. The topological polar surface area (TPSA) is 92.9 Å². The molecule has 10 heteroatoms. The Hall–Kier alpha value is -3.40. The predicted molar refractivity (Wildman–Crippen MR) is 109 cm³/mol. The number of piperazine rings is 1. The summed E-state index contributed by atoms with van der Waals surface area (Å²) in [6.07, 6.45) is 5.30. The summed E-state index contributed by atoms with van der Waals surface area (Å²) in [6.45, 7) is 4.58. The highest BCUT2D eigenvalue weighted by Gasteiger charge is 2.24. The molecule has 0 bridgehead atoms. The number of benzene rings is 1. The smallest absolute Gasteiger partial charge is 0.254 e. The lowest BCUT2D eigenvalue weighted by atomic mass is 10.1. The Morgan fingerprint density at radius 2 is 1.79 bits per heavy atom. The number of aryl methyl sites for hydroxylation is 1. The molecule has 0 radical (unpaired) electrons. The summed E-state index contributed by atoms with van der Waals surface area (Å²) in [5.41, 5.74) is 2.24. The van der Waals surface area contributed by atoms with Crippen LogP contribution < -0.4 is 4.90 Å². The number of rotatable bonds is 3. The summed E-state index contributed by atoms with van der Waals surface area (Å²) < 4.78 is 10.3. The highest BCUT2D eigenvalue weighted by molar-refractivity contribution is 7.00. The molecule has 3 aromatic heterocycles. The molecule has 5 rings (SSSR count). The molecule has 0 aliphatic carbocycles. The number of hydrogen-bond donors (Lipinski definition) is 0. The second-order valence-electron chi connectivity index (χ2n) is 6.85. The Morgan fingerprint density at radius 1 is 1.00 bits per heavy atom. The first-order valence-corrected chi connectivity index (χ1v) is 10.0. The van der Waals surface area contributed by atoms with Gasteiger partial charge in [0.05, 0.1) is 11.7 Å². The highest BCUT2D eigenvalue weighted by atomic mass is 32.1. The molecule has 1 aromatic carbocycles. The van der Waals surface area contributed by atoms with E-state index in [4.69, 9.17) is 0 Å². The number of imidazole rings is 1. The van der Waals surface area contributed by atoms with Gasteiger partial charge in [-0.15, -0.1) is 0 Å². The first kappa shape index (κ1) is 17.7. The van der Waals surface area contributed by atoms with Crippen molar-refractivity contribution >= 4 is 34.5 Å². The summed E-state index contributed by atoms with van der Waals surface area (Å²) in [4.78, 5) is 30.1. The van der Waals surface area contributed by atoms with Crippen molar-refractivity contribution in [1.82, 2.24) is 33.2 Å². The molecule has 29 heavy (non-hydrogen) atoms. The van der Waals surface area contributed by atoms with Crippen LogP contribution in [0.4, 0.5) is 5.82 Å². The third-order valence-electron chi connectivity index (χ3n) is 4.97. The number of hydrogen-bond acceptors (Lipinski definition) is 8. The van der Waals surface area contributed by atoms with Crippen LogP contribution in [0.25, 0.3) is 16.9 Å². The van der Waals surface area contributed by atoms with Crippen molar-refractivity contribution < 1.29 is 4.79 Å². The number of carbonyl (C=O) groups excluding carboxylic acids is 1. The molecule has 1 saturated heterocycles. The maximum atomic E-state index is 12.9. The average molecular weight is 406 g/mol. The van der Waals surface area contributed by atoms with Gasteiger partial charge in [-0.1, -0.05) is 0 Å². The number of nitrogens with zero attached hydrogens (tertiary/aromatic N) is 8. The molecular formula is C19H18N8OS. The fraction of sp³-hybridized carbons (Fsp3) is 0.263. The molecule has 1 fully saturated rings. The Balaban J connectivity index is 1.30. The summed E-state index contributed by atoms with van der Waals surface area (Å²) >= 11 is 1.16. The van der Waals surface area contributed by atoms with Crippen LogP contribution in [0.5, 0.6) is 0 Å². The standard InChI is InChI=1S/C19H18N8OS/c1-13-21-17(11-18(22-13)27-5-4-20-12-27)25-6-8-26(9-7-25)19(28)14-2-3-15-16(10-14)24-29-23-15/h2-5,10-12H,6-9H2,1H3. The van der Waals surface area contributed by atoms with Gasteiger partial charge in [0.1, 0.15) is 34.8 Å². The number of fused-ring (bicyclic) bond motifs is 1. The average Bonchev–Trinajstić information content (AvgIpc) is 3.44. The van der Waals surface area contributed by atoms with Crippen LogP contribution in [0, 0.1) is 6.92 Å². The largest absolute Gasteiger partial charge is 0.353 e. The second kappa shape index (κ2) is 7.21. The Kier molecular flexibility index (Phi) is 4.39. The van der Waals surface area contributed by atoms with Crippen LogP contribution in [-0.2, 0) is 0 Å². The first-order chi connectivity index (χ1) is 14.2. The van der Waals surface area contributed by atoms with Crippen LogP contribution in [0.1, 0.15) is 16.2 Å². The van der Waals surface area contributed by atoms with Gasteiger partial charge in [-0.2, -0.15) is 8.75 Å². The Bertz CT molecular complexity index is 1160. The molecule has 146 valence electrons. The van der Waals surface area contributed by atoms with Gasteiger partial charge in [-0.25, -0.2) is 15.0 Å². The van der Waals surface area contributed by atoms with E-state index in [2.05, 4.69) is 28.6 Å². The zero-order chi connectivity index (χ0) is 19.8. The summed E-state index contributed by atoms with van der Waals surface area (Å²) in [6, 6.07) is 7.45. The third kappa shape index (κ3) is 3.42. The summed E-state index contributed by atoms with van der Waals surface area (Å²) in [7, 11) is 0. The maximum absolute atomic E-state index is 12.9. The van der Waals surface area contributed by atoms with Crippen molar-refractivity contribution in [1.29, 1.82) is 0 Å². The molecule has 0 saturated carbocycles. The SMILES string of the molecule is Cc1nc(N2CCN(C(=O)c3ccc4nsnc4c3)CC2)cc(-n2ccnc2)n1. The van der Waals surface area contributed by atoms with E-state index in [-0.39, 0.29) is 5.91 Å². The fourth-order valence-electron chi connectivity index (χ4n) is 3.46. The molecule has 4 heterocycles. The monoisotopic (exact) mass is 406 g/mol. The summed E-state index contributed by atoms with van der Waals surface area (Å²) in [5.74, 6) is 2.38.